The molecule has 0 amide bonds. The highest BCUT2D eigenvalue weighted by Crippen LogP contribution is 2.39. The zero-order valence-corrected chi connectivity index (χ0v) is 9.20. The number of nitrogens with two attached hydrogens (primary N) is 1. The molecule has 0 unspecified atom stereocenters. The number of benzene rings is 1. The van der Waals surface area contributed by atoms with Gasteiger partial charge in [0.1, 0.15) is 5.82 Å². The molecule has 2 aromatic rings. The van der Waals surface area contributed by atoms with Gasteiger partial charge in [0.05, 0.1) is 5.52 Å². The lowest BCUT2D eigenvalue weighted by molar-refractivity contribution is 0.946. The molecule has 1 aliphatic carbocycles. The van der Waals surface area contributed by atoms with Crippen LogP contribution < -0.4 is 11.3 Å². The van der Waals surface area contributed by atoms with E-state index in [-0.39, 0.29) is 0 Å². The molecule has 1 aliphatic rings. The molecular weight excluding hydrogens is 200 g/mol. The summed E-state index contributed by atoms with van der Waals surface area (Å²) in [5, 5.41) is 0.993. The van der Waals surface area contributed by atoms with Crippen molar-refractivity contribution in [1.82, 2.24) is 9.97 Å². The topological polar surface area (TPSA) is 63.8 Å². The molecule has 82 valence electrons. The van der Waals surface area contributed by atoms with Crippen molar-refractivity contribution in [2.24, 2.45) is 5.84 Å². The Bertz CT molecular complexity index is 546. The molecule has 3 N–H and O–H groups in total. The summed E-state index contributed by atoms with van der Waals surface area (Å²) in [5.74, 6) is 7.71. The number of nitrogens with zero attached hydrogens (tertiary/aromatic N) is 2. The molecule has 0 bridgehead atoms. The Morgan fingerprint density at radius 2 is 2.12 bits per heavy atom. The zero-order chi connectivity index (χ0) is 11.1. The molecule has 1 heterocycles. The van der Waals surface area contributed by atoms with Gasteiger partial charge in [0.2, 0.25) is 0 Å². The number of hydrogen-bond acceptors (Lipinski definition) is 4. The molecule has 0 spiro atoms. The van der Waals surface area contributed by atoms with E-state index in [9.17, 15) is 0 Å². The maximum atomic E-state index is 5.52. The van der Waals surface area contributed by atoms with Gasteiger partial charge in [0, 0.05) is 11.3 Å². The summed E-state index contributed by atoms with van der Waals surface area (Å²) in [6.07, 6.45) is 2.39. The summed E-state index contributed by atoms with van der Waals surface area (Å²) >= 11 is 0. The first-order valence-corrected chi connectivity index (χ1v) is 5.53. The summed E-state index contributed by atoms with van der Waals surface area (Å²) in [5.41, 5.74) is 4.82. The molecule has 0 saturated heterocycles. The summed E-state index contributed by atoms with van der Waals surface area (Å²) in [4.78, 5) is 9.06. The highest BCUT2D eigenvalue weighted by atomic mass is 15.3. The van der Waals surface area contributed by atoms with Crippen LogP contribution in [-0.2, 0) is 0 Å². The fourth-order valence-corrected chi connectivity index (χ4v) is 1.89. The zero-order valence-electron chi connectivity index (χ0n) is 9.20. The second-order valence-electron chi connectivity index (χ2n) is 4.37. The summed E-state index contributed by atoms with van der Waals surface area (Å²) in [7, 11) is 0. The maximum Gasteiger partial charge on any atom is 0.151 e. The number of anilines is 1. The minimum absolute atomic E-state index is 0.540. The van der Waals surface area contributed by atoms with Crippen molar-refractivity contribution in [3.05, 3.63) is 29.6 Å². The van der Waals surface area contributed by atoms with Gasteiger partial charge in [-0.05, 0) is 31.9 Å². The maximum absolute atomic E-state index is 5.52. The monoisotopic (exact) mass is 214 g/mol. The molecule has 4 heteroatoms. The van der Waals surface area contributed by atoms with Crippen LogP contribution in [0, 0.1) is 6.92 Å². The number of fused-ring (bicyclic) bond motifs is 1. The molecule has 0 atom stereocenters. The molecule has 1 saturated carbocycles. The van der Waals surface area contributed by atoms with Crippen molar-refractivity contribution in [2.45, 2.75) is 25.7 Å². The van der Waals surface area contributed by atoms with Crippen LogP contribution in [0.3, 0.4) is 0 Å². The first kappa shape index (κ1) is 9.54. The van der Waals surface area contributed by atoms with Crippen LogP contribution in [0.15, 0.2) is 18.2 Å². The van der Waals surface area contributed by atoms with Crippen molar-refractivity contribution < 1.29 is 0 Å². The number of nitrogens with one attached hydrogen (secondary N) is 1. The highest BCUT2D eigenvalue weighted by Gasteiger charge is 2.27. The molecule has 16 heavy (non-hydrogen) atoms. The Hall–Kier alpha value is -1.68. The second kappa shape index (κ2) is 3.42. The van der Waals surface area contributed by atoms with Crippen LogP contribution >= 0.6 is 0 Å². The molecular formula is C12H14N4. The number of rotatable bonds is 2. The SMILES string of the molecule is Cc1ccc2nc(C3CC3)nc(NN)c2c1. The quantitative estimate of drug-likeness (QED) is 0.593. The van der Waals surface area contributed by atoms with Crippen molar-refractivity contribution in [3.8, 4) is 0 Å². The molecule has 0 radical (unpaired) electrons. The van der Waals surface area contributed by atoms with E-state index < -0.39 is 0 Å². The van der Waals surface area contributed by atoms with Crippen molar-refractivity contribution in [3.63, 3.8) is 0 Å². The van der Waals surface area contributed by atoms with Crippen molar-refractivity contribution >= 4 is 16.7 Å². The van der Waals surface area contributed by atoms with Gasteiger partial charge in [-0.3, -0.25) is 0 Å². The fraction of sp³-hybridized carbons (Fsp3) is 0.333. The Morgan fingerprint density at radius 1 is 1.31 bits per heavy atom. The van der Waals surface area contributed by atoms with Gasteiger partial charge < -0.3 is 5.43 Å². The van der Waals surface area contributed by atoms with Crippen LogP contribution in [0.2, 0.25) is 0 Å². The molecule has 1 aromatic carbocycles. The van der Waals surface area contributed by atoms with Crippen LogP contribution in [0.5, 0.6) is 0 Å². The van der Waals surface area contributed by atoms with Gasteiger partial charge >= 0.3 is 0 Å². The first-order chi connectivity index (χ1) is 7.78. The van der Waals surface area contributed by atoms with Crippen LogP contribution in [0.4, 0.5) is 5.82 Å². The minimum Gasteiger partial charge on any atom is -0.308 e. The van der Waals surface area contributed by atoms with Gasteiger partial charge in [-0.15, -0.1) is 0 Å². The number of nitrogen functional groups attached to an aromatic ring is 1. The van der Waals surface area contributed by atoms with E-state index in [4.69, 9.17) is 5.84 Å². The lowest BCUT2D eigenvalue weighted by atomic mass is 10.1. The normalized spacial score (nSPS) is 15.4. The van der Waals surface area contributed by atoms with E-state index in [1.165, 1.54) is 18.4 Å². The Balaban J connectivity index is 2.25. The van der Waals surface area contributed by atoms with Crippen LogP contribution in [-0.4, -0.2) is 9.97 Å². The Kier molecular flexibility index (Phi) is 2.04. The van der Waals surface area contributed by atoms with Gasteiger partial charge in [0.15, 0.2) is 5.82 Å². The highest BCUT2D eigenvalue weighted by molar-refractivity contribution is 5.89. The standard InChI is InChI=1S/C12H14N4/c1-7-2-5-10-9(6-7)12(16-13)15-11(14-10)8-3-4-8/h2,5-6,8H,3-4,13H2,1H3,(H,14,15,16). The summed E-state index contributed by atoms with van der Waals surface area (Å²) in [6, 6.07) is 6.15. The average molecular weight is 214 g/mol. The lowest BCUT2D eigenvalue weighted by Gasteiger charge is -2.07. The summed E-state index contributed by atoms with van der Waals surface area (Å²) < 4.78 is 0. The van der Waals surface area contributed by atoms with Gasteiger partial charge in [-0.2, -0.15) is 0 Å². The van der Waals surface area contributed by atoms with Gasteiger partial charge in [-0.1, -0.05) is 11.6 Å². The van der Waals surface area contributed by atoms with Crippen LogP contribution in [0.25, 0.3) is 10.9 Å². The predicted octanol–water partition coefficient (Wildman–Crippen LogP) is 2.10. The second-order valence-corrected chi connectivity index (χ2v) is 4.37. The number of hydrazine groups is 1. The largest absolute Gasteiger partial charge is 0.308 e. The summed E-state index contributed by atoms with van der Waals surface area (Å²) in [6.45, 7) is 2.05. The number of hydrogen-bond donors (Lipinski definition) is 2. The van der Waals surface area contributed by atoms with Gasteiger partial charge in [-0.25, -0.2) is 15.8 Å². The molecule has 1 aromatic heterocycles. The number of aryl methyl sites for hydroxylation is 1. The van der Waals surface area contributed by atoms with E-state index >= 15 is 0 Å². The smallest absolute Gasteiger partial charge is 0.151 e. The fourth-order valence-electron chi connectivity index (χ4n) is 1.89. The molecule has 1 fully saturated rings. The number of aromatic nitrogens is 2. The van der Waals surface area contributed by atoms with E-state index in [1.54, 1.807) is 0 Å². The van der Waals surface area contributed by atoms with Crippen molar-refractivity contribution in [2.75, 3.05) is 5.43 Å². The Labute approximate surface area is 93.9 Å². The van der Waals surface area contributed by atoms with Crippen molar-refractivity contribution in [1.29, 1.82) is 0 Å². The molecule has 4 nitrogen and oxygen atoms in total. The molecule has 3 rings (SSSR count). The third-order valence-corrected chi connectivity index (χ3v) is 2.95. The van der Waals surface area contributed by atoms with E-state index in [1.807, 2.05) is 6.07 Å². The lowest BCUT2D eigenvalue weighted by Crippen LogP contribution is -2.11. The third kappa shape index (κ3) is 1.51. The van der Waals surface area contributed by atoms with Crippen LogP contribution in [0.1, 0.15) is 30.1 Å². The van der Waals surface area contributed by atoms with E-state index in [0.29, 0.717) is 5.92 Å². The first-order valence-electron chi connectivity index (χ1n) is 5.53. The average Bonchev–Trinajstić information content (AvgIpc) is 3.11. The van der Waals surface area contributed by atoms with E-state index in [0.717, 1.165) is 22.5 Å². The third-order valence-electron chi connectivity index (χ3n) is 2.95. The predicted molar refractivity (Wildman–Crippen MR) is 64.1 cm³/mol. The van der Waals surface area contributed by atoms with E-state index in [2.05, 4.69) is 34.5 Å². The molecule has 0 aliphatic heterocycles. The Morgan fingerprint density at radius 3 is 2.81 bits per heavy atom. The van der Waals surface area contributed by atoms with Gasteiger partial charge in [0.25, 0.3) is 0 Å². The minimum atomic E-state index is 0.540.